The molecule has 3 atom stereocenters. The first-order valence-corrected chi connectivity index (χ1v) is 10.3. The summed E-state index contributed by atoms with van der Waals surface area (Å²) in [4.78, 5) is 0. The van der Waals surface area contributed by atoms with Crippen molar-refractivity contribution >= 4 is 0 Å². The second-order valence-electron chi connectivity index (χ2n) is 7.22. The van der Waals surface area contributed by atoms with Crippen LogP contribution < -0.4 is 11.5 Å². The number of piperidine rings is 3. The number of allylic oxidation sites excluding steroid dienone is 2. The zero-order valence-corrected chi connectivity index (χ0v) is 18.7. The molecule has 7 heteroatoms. The molecule has 4 N–H and O–H groups in total. The quantitative estimate of drug-likeness (QED) is 0.501. The van der Waals surface area contributed by atoms with E-state index in [9.17, 15) is 0 Å². The van der Waals surface area contributed by atoms with Gasteiger partial charge in [0.1, 0.15) is 0 Å². The van der Waals surface area contributed by atoms with Gasteiger partial charge in [-0.3, -0.25) is 0 Å². The fourth-order valence-electron chi connectivity index (χ4n) is 3.31. The fourth-order valence-corrected chi connectivity index (χ4v) is 3.31. The molecule has 158 valence electrons. The summed E-state index contributed by atoms with van der Waals surface area (Å²) in [5, 5.41) is 17.2. The molecule has 4 aliphatic rings. The van der Waals surface area contributed by atoms with Gasteiger partial charge in [0.05, 0.1) is 0 Å². The smallest absolute Gasteiger partial charge is 0.686 e. The van der Waals surface area contributed by atoms with Gasteiger partial charge in [0, 0.05) is 0 Å². The van der Waals surface area contributed by atoms with Crippen molar-refractivity contribution in [3.05, 3.63) is 45.2 Å². The molecule has 0 saturated carbocycles. The normalized spacial score (nSPS) is 30.1. The second-order valence-corrected chi connectivity index (χ2v) is 7.22. The maximum atomic E-state index is 5.47. The summed E-state index contributed by atoms with van der Waals surface area (Å²) in [6.07, 6.45) is 17.6. The van der Waals surface area contributed by atoms with Gasteiger partial charge in [0.15, 0.2) is 0 Å². The average Bonchev–Trinajstić information content (AvgIpc) is 2.72. The molecule has 3 unspecified atom stereocenters. The Balaban J connectivity index is 0.000000211. The van der Waals surface area contributed by atoms with Crippen molar-refractivity contribution in [2.24, 2.45) is 11.5 Å². The number of hydrogen-bond donors (Lipinski definition) is 2. The van der Waals surface area contributed by atoms with E-state index in [2.05, 4.69) is 39.5 Å². The monoisotopic (exact) mass is 555 g/mol. The van der Waals surface area contributed by atoms with Crippen molar-refractivity contribution < 1.29 is 21.1 Å². The number of nitrogens with zero attached hydrogens (tertiary/aromatic N) is 4. The Morgan fingerprint density at radius 1 is 0.741 bits per heavy atom. The van der Waals surface area contributed by atoms with Gasteiger partial charge in [-0.25, -0.2) is 0 Å². The first-order chi connectivity index (χ1) is 12.8. The molecule has 0 bridgehead atoms. The zero-order valence-electron chi connectivity index (χ0n) is 16.4. The van der Waals surface area contributed by atoms with Crippen LogP contribution in [0.15, 0.2) is 23.9 Å². The number of hydrogen-bond acceptors (Lipinski definition) is 2. The minimum atomic E-state index is 0. The van der Waals surface area contributed by atoms with Crippen LogP contribution in [-0.4, -0.2) is 44.6 Å². The Labute approximate surface area is 180 Å². The summed E-state index contributed by atoms with van der Waals surface area (Å²) in [6.45, 7) is 3.85. The van der Waals surface area contributed by atoms with Crippen molar-refractivity contribution in [3.8, 4) is 0 Å². The molecule has 6 nitrogen and oxygen atoms in total. The SMILES string of the molecule is C1=CC[N-]C(C2CCCC[N-]2)=C1.NC1CCCC[N-]1.NC1CCCC[N-]1.[Pt+2]. The van der Waals surface area contributed by atoms with E-state index in [1.54, 1.807) is 0 Å². The van der Waals surface area contributed by atoms with Gasteiger partial charge >= 0.3 is 21.1 Å². The van der Waals surface area contributed by atoms with Crippen LogP contribution >= 0.6 is 0 Å². The summed E-state index contributed by atoms with van der Waals surface area (Å²) >= 11 is 0. The minimum absolute atomic E-state index is 0. The fraction of sp³-hybridized carbons (Fsp3) is 0.800. The van der Waals surface area contributed by atoms with Crippen LogP contribution in [0.3, 0.4) is 0 Å². The third kappa shape index (κ3) is 11.4. The molecule has 0 spiro atoms. The van der Waals surface area contributed by atoms with Gasteiger partial charge in [-0.1, -0.05) is 82.3 Å². The van der Waals surface area contributed by atoms with E-state index in [-0.39, 0.29) is 33.4 Å². The maximum Gasteiger partial charge on any atom is 2.00 e. The van der Waals surface area contributed by atoms with Crippen molar-refractivity contribution in [1.29, 1.82) is 0 Å². The molecule has 0 aromatic rings. The van der Waals surface area contributed by atoms with Crippen LogP contribution in [0.5, 0.6) is 0 Å². The Bertz CT molecular complexity index is 395. The van der Waals surface area contributed by atoms with Gasteiger partial charge in [-0.05, 0) is 0 Å². The predicted molar refractivity (Wildman–Crippen MR) is 111 cm³/mol. The van der Waals surface area contributed by atoms with Gasteiger partial charge in [-0.2, -0.15) is 5.70 Å². The van der Waals surface area contributed by atoms with E-state index in [4.69, 9.17) is 11.5 Å². The molecule has 0 aromatic heterocycles. The molecular formula is C20H36N6Pt-2. The molecule has 4 rings (SSSR count). The Morgan fingerprint density at radius 3 is 1.63 bits per heavy atom. The van der Waals surface area contributed by atoms with Crippen LogP contribution in [0.25, 0.3) is 21.3 Å². The zero-order chi connectivity index (χ0) is 18.5. The number of nitrogens with two attached hydrogens (primary N) is 2. The van der Waals surface area contributed by atoms with Crippen molar-refractivity contribution in [1.82, 2.24) is 0 Å². The minimum Gasteiger partial charge on any atom is -0.686 e. The van der Waals surface area contributed by atoms with Crippen LogP contribution in [-0.2, 0) is 21.1 Å². The molecule has 27 heavy (non-hydrogen) atoms. The van der Waals surface area contributed by atoms with Crippen molar-refractivity contribution in [3.63, 3.8) is 0 Å². The third-order valence-electron chi connectivity index (χ3n) is 4.90. The molecular weight excluding hydrogens is 519 g/mol. The molecule has 0 aliphatic carbocycles. The molecule has 0 radical (unpaired) electrons. The maximum absolute atomic E-state index is 5.47. The van der Waals surface area contributed by atoms with Crippen LogP contribution in [0.1, 0.15) is 57.8 Å². The topological polar surface area (TPSA) is 108 Å². The largest absolute Gasteiger partial charge is 2.00 e. The summed E-state index contributed by atoms with van der Waals surface area (Å²) in [7, 11) is 0. The van der Waals surface area contributed by atoms with E-state index in [0.717, 1.165) is 39.0 Å². The Hall–Kier alpha value is -0.232. The second kappa shape index (κ2) is 15.7. The molecule has 4 aliphatic heterocycles. The molecule has 0 aromatic carbocycles. The van der Waals surface area contributed by atoms with Gasteiger partial charge in [0.25, 0.3) is 0 Å². The summed E-state index contributed by atoms with van der Waals surface area (Å²) in [5.41, 5.74) is 12.1. The van der Waals surface area contributed by atoms with Crippen LogP contribution in [0, 0.1) is 0 Å². The standard InChI is InChI=1S/C10H14N2.2C5H11N2.Pt/c1-3-7-11-9(5-1)10-6-2-4-8-12-10;2*6-5-3-1-2-4-7-5;/h1,3,5,10H,2,4,6-8H2;2*5H,1-4,6H2;/q-2;2*-1;+2. The average molecular weight is 556 g/mol. The first kappa shape index (κ1) is 24.8. The van der Waals surface area contributed by atoms with Gasteiger partial charge < -0.3 is 32.7 Å². The summed E-state index contributed by atoms with van der Waals surface area (Å²) < 4.78 is 0. The van der Waals surface area contributed by atoms with Crippen LogP contribution in [0.2, 0.25) is 0 Å². The van der Waals surface area contributed by atoms with E-state index >= 15 is 0 Å². The third-order valence-corrected chi connectivity index (χ3v) is 4.90. The van der Waals surface area contributed by atoms with E-state index in [1.807, 2.05) is 0 Å². The molecule has 4 heterocycles. The van der Waals surface area contributed by atoms with E-state index in [1.165, 1.54) is 50.6 Å². The van der Waals surface area contributed by atoms with Gasteiger partial charge in [0.2, 0.25) is 0 Å². The number of rotatable bonds is 1. The predicted octanol–water partition coefficient (Wildman–Crippen LogP) is 4.40. The summed E-state index contributed by atoms with van der Waals surface area (Å²) in [5.74, 6) is 0. The Kier molecular flexibility index (Phi) is 14.4. The van der Waals surface area contributed by atoms with Crippen molar-refractivity contribution in [2.45, 2.75) is 76.2 Å². The van der Waals surface area contributed by atoms with Crippen LogP contribution in [0.4, 0.5) is 0 Å². The van der Waals surface area contributed by atoms with Gasteiger partial charge in [-0.15, -0.1) is 38.3 Å². The summed E-state index contributed by atoms with van der Waals surface area (Å²) in [6, 6.07) is 0.406. The van der Waals surface area contributed by atoms with E-state index in [0.29, 0.717) is 6.04 Å². The molecule has 3 fully saturated rings. The first-order valence-electron chi connectivity index (χ1n) is 10.3. The molecule has 3 saturated heterocycles. The molecule has 0 amide bonds. The van der Waals surface area contributed by atoms with Crippen molar-refractivity contribution in [2.75, 3.05) is 26.2 Å². The Morgan fingerprint density at radius 2 is 1.30 bits per heavy atom. The van der Waals surface area contributed by atoms with E-state index < -0.39 is 0 Å².